The maximum atomic E-state index is 12.0. The first-order valence-electron chi connectivity index (χ1n) is 5.98. The summed E-state index contributed by atoms with van der Waals surface area (Å²) in [4.78, 5) is 15.1. The van der Waals surface area contributed by atoms with E-state index in [1.54, 1.807) is 24.8 Å². The number of carbonyl (C=O) groups excluding carboxylic acids is 1. The lowest BCUT2D eigenvalue weighted by Gasteiger charge is -2.20. The predicted octanol–water partition coefficient (Wildman–Crippen LogP) is 3.45. The molecule has 1 aromatic rings. The van der Waals surface area contributed by atoms with Gasteiger partial charge in [-0.1, -0.05) is 11.6 Å². The van der Waals surface area contributed by atoms with Gasteiger partial charge >= 0.3 is 5.97 Å². The van der Waals surface area contributed by atoms with Crippen LogP contribution in [0.2, 0.25) is 5.02 Å². The van der Waals surface area contributed by atoms with Crippen LogP contribution in [0.15, 0.2) is 17.0 Å². The highest BCUT2D eigenvalue weighted by atomic mass is 35.5. The minimum atomic E-state index is -0.293. The van der Waals surface area contributed by atoms with Crippen LogP contribution in [-0.2, 0) is 4.74 Å². The van der Waals surface area contributed by atoms with Gasteiger partial charge in [0.2, 0.25) is 0 Å². The van der Waals surface area contributed by atoms with Crippen LogP contribution in [-0.4, -0.2) is 31.9 Å². The minimum Gasteiger partial charge on any atom is -0.462 e. The zero-order valence-electron chi connectivity index (χ0n) is 10.5. The fraction of sp³-hybridized carbons (Fsp3) is 0.462. The Labute approximate surface area is 116 Å². The van der Waals surface area contributed by atoms with Crippen molar-refractivity contribution in [3.05, 3.63) is 22.7 Å². The molecule has 0 radical (unpaired) electrons. The Kier molecular flexibility index (Phi) is 4.40. The first-order chi connectivity index (χ1) is 8.63. The number of hydrogen-bond acceptors (Lipinski definition) is 4. The first kappa shape index (κ1) is 13.6. The van der Waals surface area contributed by atoms with Gasteiger partial charge in [0.1, 0.15) is 0 Å². The molecule has 1 heterocycles. The molecule has 5 heteroatoms. The van der Waals surface area contributed by atoms with Crippen molar-refractivity contribution in [3.63, 3.8) is 0 Å². The second-order valence-corrected chi connectivity index (χ2v) is 5.69. The highest BCUT2D eigenvalue weighted by Gasteiger charge is 2.21. The van der Waals surface area contributed by atoms with Crippen LogP contribution in [0.3, 0.4) is 0 Å². The van der Waals surface area contributed by atoms with Crippen LogP contribution in [0.25, 0.3) is 0 Å². The summed E-state index contributed by atoms with van der Waals surface area (Å²) in [6.07, 6.45) is 1.09. The van der Waals surface area contributed by atoms with Crippen LogP contribution in [0.4, 0.5) is 5.69 Å². The minimum absolute atomic E-state index is 0.293. The molecule has 1 aromatic carbocycles. The number of esters is 1. The topological polar surface area (TPSA) is 29.5 Å². The number of nitrogens with zero attached hydrogens (tertiary/aromatic N) is 1. The number of rotatable bonds is 2. The molecular weight excluding hydrogens is 270 g/mol. The van der Waals surface area contributed by atoms with E-state index in [9.17, 15) is 4.79 Å². The molecule has 0 N–H and O–H groups in total. The second-order valence-electron chi connectivity index (χ2n) is 4.15. The van der Waals surface area contributed by atoms with Crippen molar-refractivity contribution in [1.82, 2.24) is 0 Å². The van der Waals surface area contributed by atoms with E-state index >= 15 is 0 Å². The monoisotopic (exact) mass is 285 g/mol. The summed E-state index contributed by atoms with van der Waals surface area (Å²) in [5.74, 6) is 0.713. The summed E-state index contributed by atoms with van der Waals surface area (Å²) < 4.78 is 5.10. The molecule has 18 heavy (non-hydrogen) atoms. The Morgan fingerprint density at radius 1 is 1.56 bits per heavy atom. The molecule has 0 saturated heterocycles. The third kappa shape index (κ3) is 2.75. The van der Waals surface area contributed by atoms with Gasteiger partial charge in [0.15, 0.2) is 0 Å². The number of carbonyl (C=O) groups is 1. The highest BCUT2D eigenvalue weighted by Crippen LogP contribution is 2.38. The molecule has 0 aromatic heterocycles. The normalized spacial score (nSPS) is 14.9. The summed E-state index contributed by atoms with van der Waals surface area (Å²) >= 11 is 7.80. The lowest BCUT2D eigenvalue weighted by Crippen LogP contribution is -2.18. The molecule has 3 nitrogen and oxygen atoms in total. The number of anilines is 1. The van der Waals surface area contributed by atoms with E-state index in [-0.39, 0.29) is 5.97 Å². The molecule has 1 aliphatic rings. The number of thioether (sulfide) groups is 1. The van der Waals surface area contributed by atoms with Crippen molar-refractivity contribution < 1.29 is 9.53 Å². The molecule has 0 amide bonds. The number of hydrogen-bond donors (Lipinski definition) is 0. The Hall–Kier alpha value is -0.870. The van der Waals surface area contributed by atoms with Gasteiger partial charge in [-0.25, -0.2) is 4.79 Å². The Balaban J connectivity index is 2.49. The van der Waals surface area contributed by atoms with E-state index in [0.717, 1.165) is 29.3 Å². The summed E-state index contributed by atoms with van der Waals surface area (Å²) in [6, 6.07) is 3.61. The summed E-state index contributed by atoms with van der Waals surface area (Å²) in [6.45, 7) is 3.16. The van der Waals surface area contributed by atoms with E-state index in [2.05, 4.69) is 4.90 Å². The zero-order chi connectivity index (χ0) is 13.1. The molecule has 0 spiro atoms. The van der Waals surface area contributed by atoms with Crippen molar-refractivity contribution in [3.8, 4) is 0 Å². The SMILES string of the molecule is CCOC(=O)c1cc(Cl)cc2c1SCCCN2C. The van der Waals surface area contributed by atoms with Gasteiger partial charge in [-0.15, -0.1) is 11.8 Å². The van der Waals surface area contributed by atoms with Crippen molar-refractivity contribution in [2.24, 2.45) is 0 Å². The Morgan fingerprint density at radius 2 is 2.33 bits per heavy atom. The molecular formula is C13H16ClNO2S. The van der Waals surface area contributed by atoms with Gasteiger partial charge < -0.3 is 9.64 Å². The second kappa shape index (κ2) is 5.85. The molecule has 0 saturated carbocycles. The van der Waals surface area contributed by atoms with Crippen LogP contribution in [0.5, 0.6) is 0 Å². The molecule has 0 fully saturated rings. The highest BCUT2D eigenvalue weighted by molar-refractivity contribution is 7.99. The fourth-order valence-electron chi connectivity index (χ4n) is 1.97. The van der Waals surface area contributed by atoms with Crippen molar-refractivity contribution in [1.29, 1.82) is 0 Å². The third-order valence-corrected chi connectivity index (χ3v) is 4.25. The molecule has 1 aliphatic heterocycles. The van der Waals surface area contributed by atoms with Crippen LogP contribution >= 0.6 is 23.4 Å². The summed E-state index contributed by atoms with van der Waals surface area (Å²) in [5, 5.41) is 0.575. The van der Waals surface area contributed by atoms with Gasteiger partial charge in [0.25, 0.3) is 0 Å². The third-order valence-electron chi connectivity index (χ3n) is 2.82. The van der Waals surface area contributed by atoms with Crippen LogP contribution in [0.1, 0.15) is 23.7 Å². The van der Waals surface area contributed by atoms with E-state index < -0.39 is 0 Å². The van der Waals surface area contributed by atoms with Gasteiger partial charge in [0, 0.05) is 23.5 Å². The quantitative estimate of drug-likeness (QED) is 0.779. The standard InChI is InChI=1S/C13H16ClNO2S/c1-3-17-13(16)10-7-9(14)8-11-12(10)18-6-4-5-15(11)2/h7-8H,3-6H2,1-2H3. The van der Waals surface area contributed by atoms with Crippen molar-refractivity contribution in [2.75, 3.05) is 30.9 Å². The van der Waals surface area contributed by atoms with Crippen LogP contribution in [0, 0.1) is 0 Å². The van der Waals surface area contributed by atoms with Gasteiger partial charge in [-0.3, -0.25) is 0 Å². The average molecular weight is 286 g/mol. The van der Waals surface area contributed by atoms with Gasteiger partial charge in [-0.2, -0.15) is 0 Å². The number of halogens is 1. The van der Waals surface area contributed by atoms with Crippen molar-refractivity contribution >= 4 is 35.0 Å². The lowest BCUT2D eigenvalue weighted by molar-refractivity contribution is 0.0522. The number of fused-ring (bicyclic) bond motifs is 1. The molecule has 0 atom stereocenters. The van der Waals surface area contributed by atoms with E-state index in [4.69, 9.17) is 16.3 Å². The predicted molar refractivity (Wildman–Crippen MR) is 76.0 cm³/mol. The number of benzene rings is 1. The first-order valence-corrected chi connectivity index (χ1v) is 7.34. The summed E-state index contributed by atoms with van der Waals surface area (Å²) in [7, 11) is 2.02. The lowest BCUT2D eigenvalue weighted by atomic mass is 10.2. The number of ether oxygens (including phenoxy) is 1. The average Bonchev–Trinajstić information content (AvgIpc) is 2.51. The summed E-state index contributed by atoms with van der Waals surface area (Å²) in [5.41, 5.74) is 1.60. The maximum Gasteiger partial charge on any atom is 0.339 e. The van der Waals surface area contributed by atoms with Crippen LogP contribution < -0.4 is 4.90 Å². The molecule has 2 rings (SSSR count). The maximum absolute atomic E-state index is 12.0. The molecule has 98 valence electrons. The smallest absolute Gasteiger partial charge is 0.339 e. The fourth-order valence-corrected chi connectivity index (χ4v) is 3.32. The molecule has 0 unspecified atom stereocenters. The largest absolute Gasteiger partial charge is 0.462 e. The van der Waals surface area contributed by atoms with E-state index in [0.29, 0.717) is 17.2 Å². The Morgan fingerprint density at radius 3 is 3.06 bits per heavy atom. The van der Waals surface area contributed by atoms with Gasteiger partial charge in [0.05, 0.1) is 17.9 Å². The van der Waals surface area contributed by atoms with E-state index in [1.807, 2.05) is 13.1 Å². The van der Waals surface area contributed by atoms with E-state index in [1.165, 1.54) is 0 Å². The van der Waals surface area contributed by atoms with Gasteiger partial charge in [-0.05, 0) is 31.2 Å². The zero-order valence-corrected chi connectivity index (χ0v) is 12.1. The van der Waals surface area contributed by atoms with Crippen molar-refractivity contribution in [2.45, 2.75) is 18.2 Å². The molecule has 0 aliphatic carbocycles. The molecule has 0 bridgehead atoms. The Bertz CT molecular complexity index is 465.